The molecule has 5 nitrogen and oxygen atoms in total. The van der Waals surface area contributed by atoms with Gasteiger partial charge < -0.3 is 10.4 Å². The fourth-order valence-corrected chi connectivity index (χ4v) is 2.36. The van der Waals surface area contributed by atoms with Gasteiger partial charge in [-0.25, -0.2) is 0 Å². The van der Waals surface area contributed by atoms with Crippen molar-refractivity contribution in [3.63, 3.8) is 0 Å². The topological polar surface area (TPSA) is 75.1 Å². The van der Waals surface area contributed by atoms with Gasteiger partial charge in [0.25, 0.3) is 0 Å². The minimum atomic E-state index is -0.670. The van der Waals surface area contributed by atoms with Crippen LogP contribution in [0.25, 0.3) is 0 Å². The van der Waals surface area contributed by atoms with E-state index < -0.39 is 5.97 Å². The van der Waals surface area contributed by atoms with Gasteiger partial charge in [-0.05, 0) is 26.2 Å². The van der Waals surface area contributed by atoms with Crippen molar-refractivity contribution in [3.8, 4) is 0 Å². The summed E-state index contributed by atoms with van der Waals surface area (Å²) in [4.78, 5) is 19.4. The Kier molecular flexibility index (Phi) is 4.25. The normalized spacial score (nSPS) is 23.8. The van der Waals surface area contributed by atoms with Crippen molar-refractivity contribution < 1.29 is 9.90 Å². The van der Waals surface area contributed by atoms with Gasteiger partial charge in [-0.3, -0.25) is 14.8 Å². The summed E-state index contributed by atoms with van der Waals surface area (Å²) in [6.07, 6.45) is 7.06. The molecule has 0 radical (unpaired) electrons. The molecule has 1 aromatic heterocycles. The van der Waals surface area contributed by atoms with E-state index in [1.54, 1.807) is 12.4 Å². The van der Waals surface area contributed by atoms with E-state index in [-0.39, 0.29) is 12.0 Å². The number of rotatable bonds is 4. The zero-order valence-corrected chi connectivity index (χ0v) is 10.6. The van der Waals surface area contributed by atoms with Crippen LogP contribution in [0.1, 0.15) is 37.1 Å². The smallest absolute Gasteiger partial charge is 0.306 e. The van der Waals surface area contributed by atoms with E-state index in [9.17, 15) is 4.79 Å². The van der Waals surface area contributed by atoms with Crippen molar-refractivity contribution >= 4 is 5.97 Å². The summed E-state index contributed by atoms with van der Waals surface area (Å²) < 4.78 is 0. The highest BCUT2D eigenvalue weighted by Gasteiger charge is 2.26. The highest BCUT2D eigenvalue weighted by Crippen LogP contribution is 2.24. The van der Waals surface area contributed by atoms with Gasteiger partial charge in [0.15, 0.2) is 0 Å². The van der Waals surface area contributed by atoms with E-state index in [0.717, 1.165) is 30.7 Å². The van der Waals surface area contributed by atoms with E-state index in [0.29, 0.717) is 13.0 Å². The van der Waals surface area contributed by atoms with E-state index in [1.807, 2.05) is 6.92 Å². The highest BCUT2D eigenvalue weighted by atomic mass is 16.4. The zero-order valence-electron chi connectivity index (χ0n) is 10.6. The number of nitrogens with zero attached hydrogens (tertiary/aromatic N) is 2. The van der Waals surface area contributed by atoms with Crippen LogP contribution in [0.4, 0.5) is 0 Å². The molecule has 18 heavy (non-hydrogen) atoms. The zero-order chi connectivity index (χ0) is 13.0. The molecule has 0 aromatic carbocycles. The van der Waals surface area contributed by atoms with Crippen LogP contribution in [-0.4, -0.2) is 27.1 Å². The predicted octanol–water partition coefficient (Wildman–Crippen LogP) is 1.52. The Morgan fingerprint density at radius 2 is 2.28 bits per heavy atom. The summed E-state index contributed by atoms with van der Waals surface area (Å²) >= 11 is 0. The number of carboxylic acids is 1. The van der Waals surface area contributed by atoms with Crippen molar-refractivity contribution in [1.82, 2.24) is 15.3 Å². The number of hydrogen-bond acceptors (Lipinski definition) is 4. The third-order valence-corrected chi connectivity index (χ3v) is 3.43. The van der Waals surface area contributed by atoms with E-state index >= 15 is 0 Å². The first kappa shape index (κ1) is 13.0. The number of hydrogen-bond donors (Lipinski definition) is 2. The van der Waals surface area contributed by atoms with Crippen molar-refractivity contribution in [2.45, 2.75) is 45.2 Å². The number of nitrogens with one attached hydrogen (secondary N) is 1. The van der Waals surface area contributed by atoms with E-state index in [4.69, 9.17) is 5.11 Å². The summed E-state index contributed by atoms with van der Waals surface area (Å²) in [5.74, 6) is -0.864. The van der Waals surface area contributed by atoms with Crippen molar-refractivity contribution in [2.75, 3.05) is 0 Å². The van der Waals surface area contributed by atoms with Gasteiger partial charge in [0.2, 0.25) is 0 Å². The van der Waals surface area contributed by atoms with Gasteiger partial charge >= 0.3 is 5.97 Å². The van der Waals surface area contributed by atoms with E-state index in [2.05, 4.69) is 15.3 Å². The Balaban J connectivity index is 1.82. The fraction of sp³-hybridized carbons (Fsp3) is 0.615. The number of carbonyl (C=O) groups is 1. The summed E-state index contributed by atoms with van der Waals surface area (Å²) in [6, 6.07) is 0.281. The van der Waals surface area contributed by atoms with Crippen LogP contribution in [-0.2, 0) is 11.3 Å². The third-order valence-electron chi connectivity index (χ3n) is 3.43. The maximum atomic E-state index is 11.0. The lowest BCUT2D eigenvalue weighted by atomic mass is 9.86. The summed E-state index contributed by atoms with van der Waals surface area (Å²) in [5.41, 5.74) is 1.81. The van der Waals surface area contributed by atoms with Gasteiger partial charge in [0, 0.05) is 25.0 Å². The molecule has 0 spiro atoms. The number of aromatic nitrogens is 2. The second-order valence-electron chi connectivity index (χ2n) is 4.93. The molecule has 2 rings (SSSR count). The first-order valence-electron chi connectivity index (χ1n) is 6.39. The molecule has 1 fully saturated rings. The Bertz CT molecular complexity index is 405. The minimum Gasteiger partial charge on any atom is -0.481 e. The molecule has 0 amide bonds. The molecule has 2 N–H and O–H groups in total. The number of carboxylic acid groups (broad SMARTS) is 1. The minimum absolute atomic E-state index is 0.194. The first-order chi connectivity index (χ1) is 8.65. The second kappa shape index (κ2) is 5.91. The quantitative estimate of drug-likeness (QED) is 0.846. The summed E-state index contributed by atoms with van der Waals surface area (Å²) in [6.45, 7) is 2.56. The molecule has 0 bridgehead atoms. The van der Waals surface area contributed by atoms with Crippen LogP contribution in [0, 0.1) is 12.8 Å². The molecule has 1 aromatic rings. The molecular formula is C13H19N3O2. The molecule has 1 heterocycles. The van der Waals surface area contributed by atoms with E-state index in [1.165, 1.54) is 0 Å². The molecule has 0 saturated heterocycles. The number of aliphatic carboxylic acids is 1. The number of aryl methyl sites for hydroxylation is 1. The summed E-state index contributed by atoms with van der Waals surface area (Å²) in [7, 11) is 0. The average molecular weight is 249 g/mol. The summed E-state index contributed by atoms with van der Waals surface area (Å²) in [5, 5.41) is 12.4. The van der Waals surface area contributed by atoms with Crippen molar-refractivity contribution in [1.29, 1.82) is 0 Å². The maximum absolute atomic E-state index is 11.0. The van der Waals surface area contributed by atoms with Gasteiger partial charge in [-0.2, -0.15) is 0 Å². The third kappa shape index (κ3) is 3.50. The standard InChI is InChI=1S/C13H19N3O2/c1-9-6-15-12(7-14-9)8-16-11-4-2-3-10(5-11)13(17)18/h6-7,10-11,16H,2-5,8H2,1H3,(H,17,18). The average Bonchev–Trinajstić information content (AvgIpc) is 2.38. The van der Waals surface area contributed by atoms with Crippen LogP contribution in [0.5, 0.6) is 0 Å². The Morgan fingerprint density at radius 3 is 2.94 bits per heavy atom. The molecule has 1 aliphatic carbocycles. The maximum Gasteiger partial charge on any atom is 0.306 e. The molecule has 98 valence electrons. The highest BCUT2D eigenvalue weighted by molar-refractivity contribution is 5.70. The van der Waals surface area contributed by atoms with Crippen LogP contribution in [0.2, 0.25) is 0 Å². The Hall–Kier alpha value is -1.49. The molecular weight excluding hydrogens is 230 g/mol. The van der Waals surface area contributed by atoms with Crippen LogP contribution in [0.3, 0.4) is 0 Å². The monoisotopic (exact) mass is 249 g/mol. The molecule has 2 unspecified atom stereocenters. The Labute approximate surface area is 107 Å². The molecule has 5 heteroatoms. The van der Waals surface area contributed by atoms with Crippen LogP contribution < -0.4 is 5.32 Å². The van der Waals surface area contributed by atoms with Gasteiger partial charge in [-0.15, -0.1) is 0 Å². The molecule has 2 atom stereocenters. The van der Waals surface area contributed by atoms with Crippen molar-refractivity contribution in [3.05, 3.63) is 23.8 Å². The molecule has 0 aliphatic heterocycles. The van der Waals surface area contributed by atoms with Gasteiger partial charge in [0.1, 0.15) is 0 Å². The largest absolute Gasteiger partial charge is 0.481 e. The first-order valence-corrected chi connectivity index (χ1v) is 6.39. The van der Waals surface area contributed by atoms with Crippen molar-refractivity contribution in [2.24, 2.45) is 5.92 Å². The lowest BCUT2D eigenvalue weighted by Crippen LogP contribution is -2.36. The van der Waals surface area contributed by atoms with Gasteiger partial charge in [0.05, 0.1) is 17.3 Å². The fourth-order valence-electron chi connectivity index (χ4n) is 2.36. The van der Waals surface area contributed by atoms with Crippen LogP contribution >= 0.6 is 0 Å². The SMILES string of the molecule is Cc1cnc(CNC2CCCC(C(=O)O)C2)cn1. The lowest BCUT2D eigenvalue weighted by Gasteiger charge is -2.27. The predicted molar refractivity (Wildman–Crippen MR) is 67.0 cm³/mol. The molecule has 1 saturated carbocycles. The van der Waals surface area contributed by atoms with Gasteiger partial charge in [-0.1, -0.05) is 6.42 Å². The van der Waals surface area contributed by atoms with Crippen LogP contribution in [0.15, 0.2) is 12.4 Å². The second-order valence-corrected chi connectivity index (χ2v) is 4.93. The lowest BCUT2D eigenvalue weighted by molar-refractivity contribution is -0.143. The Morgan fingerprint density at radius 1 is 1.44 bits per heavy atom. The molecule has 1 aliphatic rings.